The lowest BCUT2D eigenvalue weighted by molar-refractivity contribution is -0.274. The quantitative estimate of drug-likeness (QED) is 0.787. The summed E-state index contributed by atoms with van der Waals surface area (Å²) in [6.07, 6.45) is -4.91. The first-order chi connectivity index (χ1) is 12.1. The molecule has 2 aromatic rings. The van der Waals surface area contributed by atoms with Gasteiger partial charge in [0.05, 0.1) is 23.9 Å². The lowest BCUT2D eigenvalue weighted by atomic mass is 10.1. The van der Waals surface area contributed by atoms with Crippen LogP contribution in [0.3, 0.4) is 0 Å². The van der Waals surface area contributed by atoms with Crippen LogP contribution in [0.4, 0.5) is 19.0 Å². The predicted octanol–water partition coefficient (Wildman–Crippen LogP) is 1.21. The molecule has 3 N–H and O–H groups in total. The Bertz CT molecular complexity index is 997. The number of nitrogens with zero attached hydrogens (tertiary/aromatic N) is 1. The number of benzene rings is 1. The average Bonchev–Trinajstić information content (AvgIpc) is 2.81. The van der Waals surface area contributed by atoms with Crippen molar-refractivity contribution in [3.8, 4) is 17.2 Å². The number of methoxy groups -OCH3 is 1. The third-order valence-corrected chi connectivity index (χ3v) is 3.58. The highest BCUT2D eigenvalue weighted by Crippen LogP contribution is 2.32. The molecule has 0 atom stereocenters. The topological polar surface area (TPSA) is 113 Å². The zero-order valence-electron chi connectivity index (χ0n) is 13.0. The molecular formula is C15H10F3N3O5. The molecule has 2 amide bonds. The molecule has 3 rings (SSSR count). The molecule has 0 aliphatic carbocycles. The minimum absolute atomic E-state index is 0.0283. The van der Waals surface area contributed by atoms with Crippen molar-refractivity contribution in [3.63, 3.8) is 0 Å². The molecule has 8 nitrogen and oxygen atoms in total. The van der Waals surface area contributed by atoms with Crippen molar-refractivity contribution < 1.29 is 32.2 Å². The molecular weight excluding hydrogens is 359 g/mol. The highest BCUT2D eigenvalue weighted by molar-refractivity contribution is 6.23. The van der Waals surface area contributed by atoms with E-state index in [0.717, 1.165) is 28.8 Å². The number of hydrogen-bond acceptors (Lipinski definition) is 6. The Hall–Kier alpha value is -3.50. The number of carbonyl (C=O) groups is 2. The number of amides is 2. The highest BCUT2D eigenvalue weighted by atomic mass is 19.4. The van der Waals surface area contributed by atoms with Crippen molar-refractivity contribution in [2.24, 2.45) is 0 Å². The van der Waals surface area contributed by atoms with Gasteiger partial charge in [-0.1, -0.05) is 0 Å². The number of halogens is 3. The number of aromatic nitrogens is 1. The number of rotatable bonds is 3. The minimum Gasteiger partial charge on any atom is -0.494 e. The Morgan fingerprint density at radius 3 is 2.42 bits per heavy atom. The fraction of sp³-hybridized carbons (Fsp3) is 0.133. The fourth-order valence-electron chi connectivity index (χ4n) is 2.57. The number of hydrogen-bond donors (Lipinski definition) is 2. The molecule has 0 saturated carbocycles. The summed E-state index contributed by atoms with van der Waals surface area (Å²) in [5, 5.41) is 2.01. The van der Waals surface area contributed by atoms with Crippen molar-refractivity contribution >= 4 is 17.6 Å². The molecule has 0 fully saturated rings. The van der Waals surface area contributed by atoms with Crippen molar-refractivity contribution in [2.75, 3.05) is 12.8 Å². The number of carbonyl (C=O) groups excluding carboxylic acids is 2. The number of alkyl halides is 3. The summed E-state index contributed by atoms with van der Waals surface area (Å²) < 4.78 is 46.7. The van der Waals surface area contributed by atoms with E-state index in [9.17, 15) is 27.6 Å². The molecule has 26 heavy (non-hydrogen) atoms. The zero-order valence-corrected chi connectivity index (χ0v) is 13.0. The van der Waals surface area contributed by atoms with Gasteiger partial charge in [-0.05, 0) is 12.1 Å². The number of pyridine rings is 1. The molecule has 0 saturated heterocycles. The zero-order chi connectivity index (χ0) is 19.2. The maximum atomic E-state index is 12.4. The van der Waals surface area contributed by atoms with Crippen molar-refractivity contribution in [1.29, 1.82) is 0 Å². The Balaban J connectivity index is 2.19. The summed E-state index contributed by atoms with van der Waals surface area (Å²) in [6.45, 7) is 0. The summed E-state index contributed by atoms with van der Waals surface area (Å²) in [5.41, 5.74) is 4.69. The Labute approximate surface area is 142 Å². The van der Waals surface area contributed by atoms with Crippen LogP contribution in [0.2, 0.25) is 0 Å². The summed E-state index contributed by atoms with van der Waals surface area (Å²) in [5.74, 6) is -2.63. The van der Waals surface area contributed by atoms with Gasteiger partial charge in [0, 0.05) is 12.1 Å². The van der Waals surface area contributed by atoms with E-state index in [1.807, 2.05) is 5.32 Å². The first kappa shape index (κ1) is 17.3. The maximum Gasteiger partial charge on any atom is 0.573 e. The largest absolute Gasteiger partial charge is 0.573 e. The van der Waals surface area contributed by atoms with Crippen LogP contribution in [0, 0.1) is 0 Å². The first-order valence-electron chi connectivity index (χ1n) is 6.97. The van der Waals surface area contributed by atoms with Crippen molar-refractivity contribution in [2.45, 2.75) is 6.36 Å². The number of nitrogens with one attached hydrogen (secondary N) is 1. The molecule has 0 radical (unpaired) electrons. The molecule has 1 aromatic heterocycles. The number of nitrogen functional groups attached to an aromatic ring is 1. The van der Waals surface area contributed by atoms with E-state index in [2.05, 4.69) is 4.74 Å². The lowest BCUT2D eigenvalue weighted by Gasteiger charge is -2.16. The molecule has 2 heterocycles. The SMILES string of the molecule is COc1cc(OC(F)(F)F)ccc1-n1c(N)c2c(cc1=O)C(=O)NC2=O. The molecule has 0 unspecified atom stereocenters. The van der Waals surface area contributed by atoms with Gasteiger partial charge in [-0.15, -0.1) is 13.2 Å². The number of fused-ring (bicyclic) bond motifs is 1. The third-order valence-electron chi connectivity index (χ3n) is 3.58. The maximum absolute atomic E-state index is 12.4. The smallest absolute Gasteiger partial charge is 0.494 e. The second kappa shape index (κ2) is 5.79. The Morgan fingerprint density at radius 1 is 1.12 bits per heavy atom. The van der Waals surface area contributed by atoms with Crippen LogP contribution in [0.25, 0.3) is 5.69 Å². The highest BCUT2D eigenvalue weighted by Gasteiger charge is 2.33. The Kier molecular flexibility index (Phi) is 3.86. The van der Waals surface area contributed by atoms with Gasteiger partial charge in [-0.2, -0.15) is 0 Å². The predicted molar refractivity (Wildman–Crippen MR) is 81.5 cm³/mol. The van der Waals surface area contributed by atoms with Gasteiger partial charge < -0.3 is 15.2 Å². The van der Waals surface area contributed by atoms with E-state index in [1.54, 1.807) is 0 Å². The van der Waals surface area contributed by atoms with E-state index in [1.165, 1.54) is 7.11 Å². The van der Waals surface area contributed by atoms with Gasteiger partial charge in [0.15, 0.2) is 0 Å². The van der Waals surface area contributed by atoms with E-state index in [4.69, 9.17) is 10.5 Å². The normalized spacial score (nSPS) is 13.4. The van der Waals surface area contributed by atoms with Gasteiger partial charge in [-0.25, -0.2) is 0 Å². The van der Waals surface area contributed by atoms with Crippen LogP contribution in [0.15, 0.2) is 29.1 Å². The van der Waals surface area contributed by atoms with Gasteiger partial charge >= 0.3 is 6.36 Å². The fourth-order valence-corrected chi connectivity index (χ4v) is 2.57. The summed E-state index contributed by atoms with van der Waals surface area (Å²) in [6, 6.07) is 3.88. The first-order valence-corrected chi connectivity index (χ1v) is 6.97. The van der Waals surface area contributed by atoms with Crippen LogP contribution in [0.1, 0.15) is 20.7 Å². The number of imide groups is 1. The second-order valence-corrected chi connectivity index (χ2v) is 5.16. The Morgan fingerprint density at radius 2 is 1.81 bits per heavy atom. The second-order valence-electron chi connectivity index (χ2n) is 5.16. The van der Waals surface area contributed by atoms with Crippen LogP contribution in [-0.2, 0) is 0 Å². The molecule has 0 spiro atoms. The summed E-state index contributed by atoms with van der Waals surface area (Å²) in [7, 11) is 1.17. The molecule has 0 bridgehead atoms. The van der Waals surface area contributed by atoms with Crippen molar-refractivity contribution in [3.05, 3.63) is 45.7 Å². The number of nitrogens with two attached hydrogens (primary N) is 1. The van der Waals surface area contributed by atoms with E-state index < -0.39 is 29.5 Å². The number of anilines is 1. The molecule has 1 aliphatic heterocycles. The van der Waals surface area contributed by atoms with E-state index >= 15 is 0 Å². The third kappa shape index (κ3) is 2.83. The van der Waals surface area contributed by atoms with Gasteiger partial charge in [0.2, 0.25) is 0 Å². The average molecular weight is 369 g/mol. The molecule has 136 valence electrons. The van der Waals surface area contributed by atoms with Crippen LogP contribution < -0.4 is 26.1 Å². The van der Waals surface area contributed by atoms with E-state index in [-0.39, 0.29) is 28.4 Å². The minimum atomic E-state index is -4.91. The van der Waals surface area contributed by atoms with Crippen molar-refractivity contribution in [1.82, 2.24) is 9.88 Å². The molecule has 1 aromatic carbocycles. The molecule has 11 heteroatoms. The van der Waals surface area contributed by atoms with Crippen LogP contribution in [0.5, 0.6) is 11.5 Å². The summed E-state index contributed by atoms with van der Waals surface area (Å²) in [4.78, 5) is 35.9. The van der Waals surface area contributed by atoms with Gasteiger partial charge in [0.25, 0.3) is 17.4 Å². The summed E-state index contributed by atoms with van der Waals surface area (Å²) >= 11 is 0. The number of ether oxygens (including phenoxy) is 2. The molecule has 1 aliphatic rings. The van der Waals surface area contributed by atoms with Gasteiger partial charge in [0.1, 0.15) is 17.3 Å². The van der Waals surface area contributed by atoms with Crippen LogP contribution >= 0.6 is 0 Å². The standard InChI is InChI=1S/C15H10F3N3O5/c1-25-9-4-6(26-15(16,17)18)2-3-8(9)21-10(22)5-7-11(12(21)19)14(24)20-13(7)23/h2-5H,19H2,1H3,(H,20,23,24). The monoisotopic (exact) mass is 369 g/mol. The van der Waals surface area contributed by atoms with Crippen LogP contribution in [-0.4, -0.2) is 29.9 Å². The lowest BCUT2D eigenvalue weighted by Crippen LogP contribution is -2.24. The van der Waals surface area contributed by atoms with E-state index in [0.29, 0.717) is 0 Å². The van der Waals surface area contributed by atoms with Gasteiger partial charge in [-0.3, -0.25) is 24.3 Å².